The molecule has 1 aromatic carbocycles. The Kier molecular flexibility index (Phi) is 2.68. The number of anilines is 1. The van der Waals surface area contributed by atoms with Crippen LogP contribution in [0.2, 0.25) is 0 Å². The number of hydrogen-bond acceptors (Lipinski definition) is 3. The Hall–Kier alpha value is -1.42. The Morgan fingerprint density at radius 1 is 1.60 bits per heavy atom. The van der Waals surface area contributed by atoms with Gasteiger partial charge in [0.05, 0.1) is 5.37 Å². The summed E-state index contributed by atoms with van der Waals surface area (Å²) in [7, 11) is 0. The van der Waals surface area contributed by atoms with Gasteiger partial charge in [-0.2, -0.15) is 0 Å². The molecule has 2 unspecified atom stereocenters. The van der Waals surface area contributed by atoms with Crippen molar-refractivity contribution in [2.24, 2.45) is 5.92 Å². The van der Waals surface area contributed by atoms with Crippen LogP contribution in [0.1, 0.15) is 0 Å². The number of rotatable bonds is 3. The number of carboxylic acid groups (broad SMARTS) is 1. The average molecular weight is 221 g/mol. The number of benzene rings is 1. The summed E-state index contributed by atoms with van der Waals surface area (Å²) in [6.45, 7) is 3.56. The van der Waals surface area contributed by atoms with Crippen LogP contribution in [0.3, 0.4) is 0 Å². The van der Waals surface area contributed by atoms with Crippen LogP contribution < -0.4 is 5.32 Å². The van der Waals surface area contributed by atoms with Crippen LogP contribution in [-0.2, 0) is 4.79 Å². The largest absolute Gasteiger partial charge is 0.481 e. The van der Waals surface area contributed by atoms with Gasteiger partial charge in [0.1, 0.15) is 5.92 Å². The molecule has 1 aliphatic rings. The van der Waals surface area contributed by atoms with E-state index in [0.717, 1.165) is 10.6 Å². The van der Waals surface area contributed by atoms with Crippen LogP contribution in [0, 0.1) is 5.92 Å². The summed E-state index contributed by atoms with van der Waals surface area (Å²) in [5.74, 6) is -1.41. The van der Waals surface area contributed by atoms with Crippen LogP contribution >= 0.6 is 11.8 Å². The van der Waals surface area contributed by atoms with Gasteiger partial charge in [-0.15, -0.1) is 6.58 Å². The SMILES string of the molecule is C=CC(C(=O)O)C1Nc2ccccc2S1. The van der Waals surface area contributed by atoms with E-state index < -0.39 is 11.9 Å². The molecule has 1 aliphatic heterocycles. The lowest BCUT2D eigenvalue weighted by Gasteiger charge is -2.15. The molecule has 0 saturated carbocycles. The van der Waals surface area contributed by atoms with Crippen molar-refractivity contribution in [1.29, 1.82) is 0 Å². The maximum absolute atomic E-state index is 10.9. The monoisotopic (exact) mass is 221 g/mol. The Bertz CT molecular complexity index is 380. The highest BCUT2D eigenvalue weighted by Crippen LogP contribution is 2.41. The molecule has 0 radical (unpaired) electrons. The summed E-state index contributed by atoms with van der Waals surface area (Å²) in [6.07, 6.45) is 1.47. The first kappa shape index (κ1) is 10.1. The number of thioether (sulfide) groups is 1. The third-order valence-electron chi connectivity index (χ3n) is 2.30. The smallest absolute Gasteiger partial charge is 0.313 e. The van der Waals surface area contributed by atoms with Gasteiger partial charge in [-0.3, -0.25) is 4.79 Å². The Morgan fingerprint density at radius 2 is 2.33 bits per heavy atom. The highest BCUT2D eigenvalue weighted by atomic mass is 32.2. The average Bonchev–Trinajstić information content (AvgIpc) is 2.61. The fraction of sp³-hybridized carbons (Fsp3) is 0.182. The maximum Gasteiger partial charge on any atom is 0.313 e. The van der Waals surface area contributed by atoms with Crippen molar-refractivity contribution < 1.29 is 9.90 Å². The summed E-state index contributed by atoms with van der Waals surface area (Å²) in [4.78, 5) is 12.0. The first-order valence-electron chi connectivity index (χ1n) is 4.60. The molecule has 0 bridgehead atoms. The molecule has 1 heterocycles. The van der Waals surface area contributed by atoms with Gasteiger partial charge in [0, 0.05) is 10.6 Å². The van der Waals surface area contributed by atoms with E-state index in [1.165, 1.54) is 17.8 Å². The summed E-state index contributed by atoms with van der Waals surface area (Å²) in [5, 5.41) is 12.0. The van der Waals surface area contributed by atoms with E-state index >= 15 is 0 Å². The first-order valence-corrected chi connectivity index (χ1v) is 5.48. The van der Waals surface area contributed by atoms with Gasteiger partial charge in [0.2, 0.25) is 0 Å². The van der Waals surface area contributed by atoms with Gasteiger partial charge in [-0.05, 0) is 12.1 Å². The number of carboxylic acids is 1. The van der Waals surface area contributed by atoms with Crippen LogP contribution in [0.15, 0.2) is 41.8 Å². The third kappa shape index (κ3) is 1.85. The molecule has 0 amide bonds. The minimum Gasteiger partial charge on any atom is -0.481 e. The zero-order valence-corrected chi connectivity index (χ0v) is 8.83. The molecule has 2 rings (SSSR count). The Labute approximate surface area is 92.2 Å². The predicted molar refractivity (Wildman–Crippen MR) is 61.0 cm³/mol. The minimum atomic E-state index is -0.845. The van der Waals surface area contributed by atoms with E-state index in [1.807, 2.05) is 24.3 Å². The van der Waals surface area contributed by atoms with Gasteiger partial charge < -0.3 is 10.4 Å². The van der Waals surface area contributed by atoms with Crippen molar-refractivity contribution >= 4 is 23.4 Å². The molecule has 0 spiro atoms. The number of fused-ring (bicyclic) bond motifs is 1. The highest BCUT2D eigenvalue weighted by Gasteiger charge is 2.31. The lowest BCUT2D eigenvalue weighted by Crippen LogP contribution is -2.27. The zero-order valence-electron chi connectivity index (χ0n) is 8.01. The van der Waals surface area contributed by atoms with Gasteiger partial charge in [-0.1, -0.05) is 30.0 Å². The lowest BCUT2D eigenvalue weighted by molar-refractivity contribution is -0.139. The molecule has 78 valence electrons. The second kappa shape index (κ2) is 3.98. The normalized spacial score (nSPS) is 20.1. The fourth-order valence-corrected chi connectivity index (χ4v) is 2.77. The van der Waals surface area contributed by atoms with E-state index in [9.17, 15) is 4.79 Å². The molecule has 4 heteroatoms. The molecule has 0 aromatic heterocycles. The molecule has 0 fully saturated rings. The van der Waals surface area contributed by atoms with E-state index in [-0.39, 0.29) is 5.37 Å². The van der Waals surface area contributed by atoms with Crippen molar-refractivity contribution in [1.82, 2.24) is 0 Å². The predicted octanol–water partition coefficient (Wildman–Crippen LogP) is 2.42. The molecule has 2 N–H and O–H groups in total. The van der Waals surface area contributed by atoms with Crippen molar-refractivity contribution in [3.63, 3.8) is 0 Å². The van der Waals surface area contributed by atoms with Crippen molar-refractivity contribution in [2.45, 2.75) is 10.3 Å². The standard InChI is InChI=1S/C11H11NO2S/c1-2-7(11(13)14)10-12-8-5-3-4-6-9(8)15-10/h2-7,10,12H,1H2,(H,13,14). The topological polar surface area (TPSA) is 49.3 Å². The maximum atomic E-state index is 10.9. The van der Waals surface area contributed by atoms with E-state index in [1.54, 1.807) is 0 Å². The molecular formula is C11H11NO2S. The van der Waals surface area contributed by atoms with E-state index in [4.69, 9.17) is 5.11 Å². The summed E-state index contributed by atoms with van der Waals surface area (Å²) < 4.78 is 0. The zero-order chi connectivity index (χ0) is 10.8. The molecule has 0 saturated heterocycles. The molecule has 1 aromatic rings. The van der Waals surface area contributed by atoms with Gasteiger partial charge >= 0.3 is 5.97 Å². The number of carbonyl (C=O) groups is 1. The van der Waals surface area contributed by atoms with Crippen molar-refractivity contribution in [2.75, 3.05) is 5.32 Å². The summed E-state index contributed by atoms with van der Waals surface area (Å²) in [5.41, 5.74) is 1.00. The second-order valence-electron chi connectivity index (χ2n) is 3.28. The van der Waals surface area contributed by atoms with Gasteiger partial charge in [0.15, 0.2) is 0 Å². The van der Waals surface area contributed by atoms with Gasteiger partial charge in [-0.25, -0.2) is 0 Å². The van der Waals surface area contributed by atoms with Crippen molar-refractivity contribution in [3.05, 3.63) is 36.9 Å². The Balaban J connectivity index is 2.19. The van der Waals surface area contributed by atoms with Crippen LogP contribution in [0.5, 0.6) is 0 Å². The van der Waals surface area contributed by atoms with E-state index in [0.29, 0.717) is 0 Å². The Morgan fingerprint density at radius 3 is 2.93 bits per heavy atom. The third-order valence-corrected chi connectivity index (χ3v) is 3.58. The molecule has 0 aliphatic carbocycles. The quantitative estimate of drug-likeness (QED) is 0.770. The lowest BCUT2D eigenvalue weighted by atomic mass is 10.1. The second-order valence-corrected chi connectivity index (χ2v) is 4.46. The molecule has 15 heavy (non-hydrogen) atoms. The van der Waals surface area contributed by atoms with Crippen LogP contribution in [0.4, 0.5) is 5.69 Å². The van der Waals surface area contributed by atoms with Crippen molar-refractivity contribution in [3.8, 4) is 0 Å². The molecule has 3 nitrogen and oxygen atoms in total. The molecule has 2 atom stereocenters. The number of hydrogen-bond donors (Lipinski definition) is 2. The first-order chi connectivity index (χ1) is 7.22. The summed E-state index contributed by atoms with van der Waals surface area (Å²) in [6, 6.07) is 7.80. The van der Waals surface area contributed by atoms with E-state index in [2.05, 4.69) is 11.9 Å². The number of aliphatic carboxylic acids is 1. The number of para-hydroxylation sites is 1. The van der Waals surface area contributed by atoms with Crippen LogP contribution in [-0.4, -0.2) is 16.4 Å². The number of nitrogens with one attached hydrogen (secondary N) is 1. The molecular weight excluding hydrogens is 210 g/mol. The highest BCUT2D eigenvalue weighted by molar-refractivity contribution is 8.00. The van der Waals surface area contributed by atoms with Gasteiger partial charge in [0.25, 0.3) is 0 Å². The summed E-state index contributed by atoms with van der Waals surface area (Å²) >= 11 is 1.53. The minimum absolute atomic E-state index is 0.155. The van der Waals surface area contributed by atoms with Crippen LogP contribution in [0.25, 0.3) is 0 Å². The fourth-order valence-electron chi connectivity index (χ4n) is 1.53.